The zero-order valence-corrected chi connectivity index (χ0v) is 14.2. The van der Waals surface area contributed by atoms with Crippen LogP contribution in [0.25, 0.3) is 0 Å². The van der Waals surface area contributed by atoms with Crippen molar-refractivity contribution >= 4 is 22.4 Å². The molecule has 2 unspecified atom stereocenters. The molecule has 2 rings (SSSR count). The molecule has 0 spiro atoms. The number of hydrogen-bond donors (Lipinski definition) is 1. The topological polar surface area (TPSA) is 72.6 Å². The van der Waals surface area contributed by atoms with Gasteiger partial charge in [0, 0.05) is 12.6 Å². The SMILES string of the molecule is COc1ccc(S(=O)(=O)N2CC(N)CCC2C(F)(F)F)cc1F.Cl. The number of methoxy groups -OCH3 is 1. The zero-order valence-electron chi connectivity index (χ0n) is 12.6. The molecule has 2 atom stereocenters. The molecule has 1 aromatic rings. The number of benzene rings is 1. The van der Waals surface area contributed by atoms with Crippen LogP contribution in [0.3, 0.4) is 0 Å². The molecule has 2 N–H and O–H groups in total. The molecular weight excluding hydrogens is 376 g/mol. The van der Waals surface area contributed by atoms with Crippen LogP contribution in [0.5, 0.6) is 5.75 Å². The standard InChI is InChI=1S/C13H16F4N2O3S.ClH/c1-22-11-4-3-9(6-10(11)14)23(20,21)19-7-8(18)2-5-12(19)13(15,16)17;/h3-4,6,8,12H,2,5,7,18H2,1H3;1H. The first-order chi connectivity index (χ1) is 10.6. The van der Waals surface area contributed by atoms with Crippen LogP contribution in [0.1, 0.15) is 12.8 Å². The highest BCUT2D eigenvalue weighted by molar-refractivity contribution is 7.89. The van der Waals surface area contributed by atoms with Gasteiger partial charge in [0.1, 0.15) is 6.04 Å². The van der Waals surface area contributed by atoms with E-state index in [9.17, 15) is 26.0 Å². The highest BCUT2D eigenvalue weighted by Crippen LogP contribution is 2.35. The molecule has 138 valence electrons. The molecule has 24 heavy (non-hydrogen) atoms. The van der Waals surface area contributed by atoms with Crippen molar-refractivity contribution in [1.29, 1.82) is 0 Å². The Hall–Kier alpha value is -1.10. The highest BCUT2D eigenvalue weighted by atomic mass is 35.5. The van der Waals surface area contributed by atoms with Crippen LogP contribution in [0.2, 0.25) is 0 Å². The monoisotopic (exact) mass is 392 g/mol. The van der Waals surface area contributed by atoms with E-state index in [0.717, 1.165) is 12.1 Å². The van der Waals surface area contributed by atoms with Gasteiger partial charge in [-0.15, -0.1) is 12.4 Å². The number of halogens is 5. The Morgan fingerprint density at radius 3 is 2.42 bits per heavy atom. The van der Waals surface area contributed by atoms with Crippen molar-refractivity contribution in [3.8, 4) is 5.75 Å². The molecular formula is C13H17ClF4N2O3S. The summed E-state index contributed by atoms with van der Waals surface area (Å²) in [7, 11) is -3.35. The minimum absolute atomic E-state index is 0. The van der Waals surface area contributed by atoms with Crippen molar-refractivity contribution in [1.82, 2.24) is 4.31 Å². The van der Waals surface area contributed by atoms with Crippen LogP contribution >= 0.6 is 12.4 Å². The minimum atomic E-state index is -4.72. The van der Waals surface area contributed by atoms with E-state index in [1.807, 2.05) is 0 Å². The van der Waals surface area contributed by atoms with Gasteiger partial charge in [-0.25, -0.2) is 12.8 Å². The van der Waals surface area contributed by atoms with Crippen molar-refractivity contribution in [2.45, 2.75) is 36.0 Å². The van der Waals surface area contributed by atoms with Gasteiger partial charge in [-0.1, -0.05) is 0 Å². The summed E-state index contributed by atoms with van der Waals surface area (Å²) in [5.41, 5.74) is 5.61. The predicted octanol–water partition coefficient (Wildman–Crippen LogP) is 2.30. The molecule has 11 heteroatoms. The number of hydrogen-bond acceptors (Lipinski definition) is 4. The first-order valence-corrected chi connectivity index (χ1v) is 8.19. The van der Waals surface area contributed by atoms with Crippen molar-refractivity contribution in [3.63, 3.8) is 0 Å². The molecule has 0 aromatic heterocycles. The highest BCUT2D eigenvalue weighted by Gasteiger charge is 2.50. The number of piperidine rings is 1. The first-order valence-electron chi connectivity index (χ1n) is 6.75. The fraction of sp³-hybridized carbons (Fsp3) is 0.538. The molecule has 0 amide bonds. The fourth-order valence-electron chi connectivity index (χ4n) is 2.50. The average Bonchev–Trinajstić information content (AvgIpc) is 2.45. The van der Waals surface area contributed by atoms with Crippen LogP contribution < -0.4 is 10.5 Å². The lowest BCUT2D eigenvalue weighted by molar-refractivity contribution is -0.178. The Morgan fingerprint density at radius 1 is 1.29 bits per heavy atom. The molecule has 1 fully saturated rings. The molecule has 5 nitrogen and oxygen atoms in total. The maximum atomic E-state index is 13.7. The third-order valence-electron chi connectivity index (χ3n) is 3.68. The van der Waals surface area contributed by atoms with Crippen LogP contribution in [0.4, 0.5) is 17.6 Å². The van der Waals surface area contributed by atoms with Gasteiger partial charge in [-0.05, 0) is 31.0 Å². The lowest BCUT2D eigenvalue weighted by Gasteiger charge is -2.38. The Balaban J connectivity index is 0.00000288. The molecule has 1 aliphatic rings. The van der Waals surface area contributed by atoms with E-state index in [1.165, 1.54) is 7.11 Å². The largest absolute Gasteiger partial charge is 0.494 e. The summed E-state index contributed by atoms with van der Waals surface area (Å²) in [6.07, 6.45) is -5.09. The molecule has 0 saturated carbocycles. The second kappa shape index (κ2) is 7.42. The summed E-state index contributed by atoms with van der Waals surface area (Å²) in [6, 6.07) is -0.176. The zero-order chi connectivity index (χ0) is 17.4. The van der Waals surface area contributed by atoms with Crippen LogP contribution in [-0.2, 0) is 10.0 Å². The van der Waals surface area contributed by atoms with E-state index in [2.05, 4.69) is 4.74 Å². The molecule has 0 aliphatic carbocycles. The summed E-state index contributed by atoms with van der Waals surface area (Å²) in [6.45, 7) is -0.472. The van der Waals surface area contributed by atoms with E-state index in [4.69, 9.17) is 5.73 Å². The summed E-state index contributed by atoms with van der Waals surface area (Å²) < 4.78 is 83.0. The lowest BCUT2D eigenvalue weighted by atomic mass is 10.0. The quantitative estimate of drug-likeness (QED) is 0.801. The number of rotatable bonds is 3. The van der Waals surface area contributed by atoms with E-state index in [-0.39, 0.29) is 24.6 Å². The Morgan fingerprint density at radius 2 is 1.92 bits per heavy atom. The Bertz CT molecular complexity index is 684. The van der Waals surface area contributed by atoms with Crippen molar-refractivity contribution in [3.05, 3.63) is 24.0 Å². The van der Waals surface area contributed by atoms with Gasteiger partial charge in [0.25, 0.3) is 0 Å². The van der Waals surface area contributed by atoms with Gasteiger partial charge in [-0.3, -0.25) is 0 Å². The normalized spacial score (nSPS) is 22.8. The van der Waals surface area contributed by atoms with Gasteiger partial charge < -0.3 is 10.5 Å². The molecule has 0 radical (unpaired) electrons. The molecule has 1 heterocycles. The summed E-state index contributed by atoms with van der Waals surface area (Å²) in [4.78, 5) is -0.570. The third kappa shape index (κ3) is 4.11. The summed E-state index contributed by atoms with van der Waals surface area (Å²) in [5, 5.41) is 0. The van der Waals surface area contributed by atoms with Crippen LogP contribution in [-0.4, -0.2) is 44.6 Å². The molecule has 1 saturated heterocycles. The number of nitrogens with two attached hydrogens (primary N) is 1. The molecule has 0 bridgehead atoms. The Labute approximate surface area is 143 Å². The summed E-state index contributed by atoms with van der Waals surface area (Å²) in [5.74, 6) is -1.18. The number of sulfonamides is 1. The van der Waals surface area contributed by atoms with Gasteiger partial charge in [-0.2, -0.15) is 17.5 Å². The first kappa shape index (κ1) is 20.9. The average molecular weight is 393 g/mol. The van der Waals surface area contributed by atoms with Gasteiger partial charge in [0.2, 0.25) is 10.0 Å². The van der Waals surface area contributed by atoms with Crippen LogP contribution in [0, 0.1) is 5.82 Å². The van der Waals surface area contributed by atoms with Crippen LogP contribution in [0.15, 0.2) is 23.1 Å². The van der Waals surface area contributed by atoms with Crippen molar-refractivity contribution < 1.29 is 30.7 Å². The third-order valence-corrected chi connectivity index (χ3v) is 5.55. The van der Waals surface area contributed by atoms with Crippen molar-refractivity contribution in [2.75, 3.05) is 13.7 Å². The smallest absolute Gasteiger partial charge is 0.405 e. The maximum absolute atomic E-state index is 13.7. The number of alkyl halides is 3. The van der Waals surface area contributed by atoms with Gasteiger partial charge >= 0.3 is 6.18 Å². The van der Waals surface area contributed by atoms with Gasteiger partial charge in [0.05, 0.1) is 12.0 Å². The predicted molar refractivity (Wildman–Crippen MR) is 81.1 cm³/mol. The lowest BCUT2D eigenvalue weighted by Crippen LogP contribution is -2.56. The van der Waals surface area contributed by atoms with E-state index in [0.29, 0.717) is 10.4 Å². The summed E-state index contributed by atoms with van der Waals surface area (Å²) >= 11 is 0. The Kier molecular flexibility index (Phi) is 6.48. The number of nitrogens with zero attached hydrogens (tertiary/aromatic N) is 1. The molecule has 1 aliphatic heterocycles. The second-order valence-corrected chi connectivity index (χ2v) is 7.16. The van der Waals surface area contributed by atoms with E-state index in [1.54, 1.807) is 0 Å². The fourth-order valence-corrected chi connectivity index (χ4v) is 4.21. The van der Waals surface area contributed by atoms with Crippen molar-refractivity contribution in [2.24, 2.45) is 5.73 Å². The van der Waals surface area contributed by atoms with E-state index < -0.39 is 52.0 Å². The van der Waals surface area contributed by atoms with E-state index >= 15 is 0 Å². The minimum Gasteiger partial charge on any atom is -0.494 e. The second-order valence-electron chi connectivity index (χ2n) is 5.27. The molecule has 1 aromatic carbocycles. The number of ether oxygens (including phenoxy) is 1. The maximum Gasteiger partial charge on any atom is 0.405 e. The van der Waals surface area contributed by atoms with Gasteiger partial charge in [0.15, 0.2) is 11.6 Å².